The van der Waals surface area contributed by atoms with Crippen LogP contribution in [0.1, 0.15) is 106 Å². The van der Waals surface area contributed by atoms with Crippen LogP contribution >= 0.6 is 0 Å². The number of hydrogen-bond acceptors (Lipinski definition) is 11. The number of aromatic nitrogens is 3. The number of pyridine rings is 1. The van der Waals surface area contributed by atoms with Crippen molar-refractivity contribution in [2.45, 2.75) is 131 Å². The second-order valence-corrected chi connectivity index (χ2v) is 16.8. The van der Waals surface area contributed by atoms with Gasteiger partial charge in [0.2, 0.25) is 0 Å². The van der Waals surface area contributed by atoms with Gasteiger partial charge in [0.05, 0.1) is 30.1 Å². The van der Waals surface area contributed by atoms with Crippen LogP contribution in [0.4, 0.5) is 24.6 Å². The first-order valence-corrected chi connectivity index (χ1v) is 18.1. The van der Waals surface area contributed by atoms with Gasteiger partial charge >= 0.3 is 18.3 Å². The van der Waals surface area contributed by atoms with Crippen LogP contribution in [0.2, 0.25) is 0 Å². The molecule has 0 unspecified atom stereocenters. The van der Waals surface area contributed by atoms with Gasteiger partial charge in [-0.2, -0.15) is 10.2 Å². The van der Waals surface area contributed by atoms with Crippen LogP contribution in [0.25, 0.3) is 21.9 Å². The fourth-order valence-electron chi connectivity index (χ4n) is 5.64. The lowest BCUT2D eigenvalue weighted by atomic mass is 10.0. The number of carbonyl (C=O) groups is 3. The minimum atomic E-state index is -1.16. The number of nitriles is 1. The Bertz CT molecular complexity index is 2090. The fraction of sp³-hybridized carbons (Fsp3) is 0.512. The number of benzene rings is 2. The summed E-state index contributed by atoms with van der Waals surface area (Å²) in [4.78, 5) is 51.4. The maximum atomic E-state index is 14.8. The zero-order valence-corrected chi connectivity index (χ0v) is 33.9. The number of hydrogen-bond donors (Lipinski definition) is 0. The number of halogens is 1. The Balaban J connectivity index is 2.03. The number of ether oxygens (including phenoxy) is 5. The summed E-state index contributed by atoms with van der Waals surface area (Å²) in [5.74, 6) is -0.231. The van der Waals surface area contributed by atoms with E-state index in [2.05, 4.69) is 0 Å². The molecule has 0 fully saturated rings. The first-order valence-electron chi connectivity index (χ1n) is 18.1. The van der Waals surface area contributed by atoms with Gasteiger partial charge in [-0.05, 0) is 113 Å². The summed E-state index contributed by atoms with van der Waals surface area (Å²) in [5.41, 5.74) is -1.25. The van der Waals surface area contributed by atoms with Crippen LogP contribution in [0, 0.1) is 17.1 Å². The SMILES string of the molecule is CCOCc1nc2c(N(C(=O)OC(C)(C)C)C(=O)OC(C)(C)C)nc3cc(Cc4ccc(CC#N)c(F)c4)ccc3c2n1CC(C)(C)OC(=O)OC(C)(C)C. The van der Waals surface area contributed by atoms with Gasteiger partial charge in [0.1, 0.15) is 46.2 Å². The maximum absolute atomic E-state index is 14.8. The number of carbonyl (C=O) groups excluding carboxylic acids is 3. The van der Waals surface area contributed by atoms with Crippen molar-refractivity contribution in [3.8, 4) is 6.07 Å². The quantitative estimate of drug-likeness (QED) is 0.112. The van der Waals surface area contributed by atoms with Crippen LogP contribution in [0.3, 0.4) is 0 Å². The first-order chi connectivity index (χ1) is 25.4. The molecule has 14 heteroatoms. The van der Waals surface area contributed by atoms with Gasteiger partial charge in [-0.3, -0.25) is 0 Å². The Morgan fingerprint density at radius 2 is 1.40 bits per heavy atom. The Morgan fingerprint density at radius 1 is 0.818 bits per heavy atom. The second kappa shape index (κ2) is 16.2. The molecule has 296 valence electrons. The minimum Gasteiger partial charge on any atom is -0.443 e. The first kappa shape index (κ1) is 42.5. The zero-order chi connectivity index (χ0) is 41.1. The number of fused-ring (bicyclic) bond motifs is 3. The van der Waals surface area contributed by atoms with Crippen molar-refractivity contribution in [3.63, 3.8) is 0 Å². The van der Waals surface area contributed by atoms with Crippen molar-refractivity contribution in [1.82, 2.24) is 14.5 Å². The molecule has 4 rings (SSSR count). The molecule has 13 nitrogen and oxygen atoms in total. The molecular formula is C41H52FN5O8. The van der Waals surface area contributed by atoms with Crippen molar-refractivity contribution in [2.75, 3.05) is 11.5 Å². The largest absolute Gasteiger partial charge is 0.509 e. The topological polar surface area (TPSA) is 155 Å². The molecule has 2 aromatic carbocycles. The van der Waals surface area contributed by atoms with E-state index in [0.29, 0.717) is 46.4 Å². The van der Waals surface area contributed by atoms with Gasteiger partial charge in [-0.15, -0.1) is 0 Å². The Hall–Kier alpha value is -5.29. The summed E-state index contributed by atoms with van der Waals surface area (Å²) >= 11 is 0. The van der Waals surface area contributed by atoms with E-state index in [0.717, 1.165) is 10.5 Å². The van der Waals surface area contributed by atoms with E-state index in [9.17, 15) is 18.8 Å². The third-order valence-corrected chi connectivity index (χ3v) is 7.68. The molecule has 0 N–H and O–H groups in total. The summed E-state index contributed by atoms with van der Waals surface area (Å²) in [6.45, 7) is 21.0. The maximum Gasteiger partial charge on any atom is 0.509 e. The zero-order valence-electron chi connectivity index (χ0n) is 33.9. The molecule has 0 bridgehead atoms. The molecule has 0 saturated heterocycles. The molecule has 4 aromatic rings. The summed E-state index contributed by atoms with van der Waals surface area (Å²) in [7, 11) is 0. The van der Waals surface area contributed by atoms with Gasteiger partial charge in [0, 0.05) is 17.6 Å². The molecular weight excluding hydrogens is 709 g/mol. The van der Waals surface area contributed by atoms with E-state index in [1.165, 1.54) is 6.07 Å². The van der Waals surface area contributed by atoms with Crippen LogP contribution < -0.4 is 4.90 Å². The van der Waals surface area contributed by atoms with E-state index >= 15 is 0 Å². The van der Waals surface area contributed by atoms with Crippen molar-refractivity contribution >= 4 is 46.1 Å². The van der Waals surface area contributed by atoms with E-state index in [4.69, 9.17) is 38.9 Å². The van der Waals surface area contributed by atoms with Gasteiger partial charge in [0.25, 0.3) is 0 Å². The predicted octanol–water partition coefficient (Wildman–Crippen LogP) is 9.32. The molecule has 0 aliphatic heterocycles. The van der Waals surface area contributed by atoms with E-state index < -0.39 is 46.6 Å². The third-order valence-electron chi connectivity index (χ3n) is 7.68. The van der Waals surface area contributed by atoms with E-state index in [1.807, 2.05) is 29.7 Å². The normalized spacial score (nSPS) is 12.4. The van der Waals surface area contributed by atoms with Crippen LogP contribution in [-0.2, 0) is 49.7 Å². The lowest BCUT2D eigenvalue weighted by Crippen LogP contribution is -2.44. The highest BCUT2D eigenvalue weighted by atomic mass is 19.1. The third kappa shape index (κ3) is 11.4. The monoisotopic (exact) mass is 761 g/mol. The molecule has 2 aromatic heterocycles. The molecule has 0 aliphatic rings. The molecule has 0 saturated carbocycles. The molecule has 0 aliphatic carbocycles. The lowest BCUT2D eigenvalue weighted by Gasteiger charge is -2.29. The number of anilines is 1. The standard InChI is InChI=1S/C41H52FN5O8/c1-13-51-23-31-45-32-33(46(31)24-41(11,12)55-37(50)54-40(8,9)10)28-17-15-26(20-25-14-16-27(18-19-43)29(42)21-25)22-30(28)44-34(32)47(35(48)52-38(2,3)4)36(49)53-39(5,6)7/h14-17,21-22H,13,18,20,23-24H2,1-12H3. The van der Waals surface area contributed by atoms with Gasteiger partial charge < -0.3 is 28.3 Å². The second-order valence-electron chi connectivity index (χ2n) is 16.8. The Labute approximate surface area is 321 Å². The number of nitrogens with zero attached hydrogens (tertiary/aromatic N) is 5. The molecule has 2 amide bonds. The van der Waals surface area contributed by atoms with Crippen molar-refractivity contribution < 1.29 is 42.5 Å². The fourth-order valence-corrected chi connectivity index (χ4v) is 5.64. The van der Waals surface area contributed by atoms with E-state index in [-0.39, 0.29) is 30.9 Å². The van der Waals surface area contributed by atoms with Crippen molar-refractivity contribution in [2.24, 2.45) is 0 Å². The van der Waals surface area contributed by atoms with Crippen molar-refractivity contribution in [1.29, 1.82) is 5.26 Å². The van der Waals surface area contributed by atoms with Gasteiger partial charge in [-0.1, -0.05) is 24.3 Å². The predicted molar refractivity (Wildman–Crippen MR) is 205 cm³/mol. The number of imide groups is 1. The van der Waals surface area contributed by atoms with E-state index in [1.54, 1.807) is 94.4 Å². The van der Waals surface area contributed by atoms with Crippen LogP contribution in [0.15, 0.2) is 36.4 Å². The van der Waals surface area contributed by atoms with Crippen LogP contribution in [-0.4, -0.2) is 61.9 Å². The molecule has 55 heavy (non-hydrogen) atoms. The number of amides is 2. The molecule has 0 radical (unpaired) electrons. The van der Waals surface area contributed by atoms with Crippen molar-refractivity contribution in [3.05, 3.63) is 64.7 Å². The summed E-state index contributed by atoms with van der Waals surface area (Å²) in [6, 6.07) is 12.2. The summed E-state index contributed by atoms with van der Waals surface area (Å²) in [5, 5.41) is 9.64. The Kier molecular flexibility index (Phi) is 12.5. The number of imidazole rings is 1. The highest BCUT2D eigenvalue weighted by molar-refractivity contribution is 6.17. The molecule has 0 spiro atoms. The smallest absolute Gasteiger partial charge is 0.443 e. The highest BCUT2D eigenvalue weighted by Gasteiger charge is 2.37. The highest BCUT2D eigenvalue weighted by Crippen LogP contribution is 2.36. The van der Waals surface area contributed by atoms with Crippen LogP contribution in [0.5, 0.6) is 0 Å². The average molecular weight is 762 g/mol. The van der Waals surface area contributed by atoms with Gasteiger partial charge in [-0.25, -0.2) is 28.7 Å². The minimum absolute atomic E-state index is 0.0267. The molecule has 0 atom stereocenters. The summed E-state index contributed by atoms with van der Waals surface area (Å²) < 4.78 is 45.2. The Morgan fingerprint density at radius 3 is 1.95 bits per heavy atom. The average Bonchev–Trinajstić information content (AvgIpc) is 3.35. The molecule has 2 heterocycles. The summed E-state index contributed by atoms with van der Waals surface area (Å²) in [6.07, 6.45) is -2.66. The lowest BCUT2D eigenvalue weighted by molar-refractivity contribution is -0.0584. The van der Waals surface area contributed by atoms with Gasteiger partial charge in [0.15, 0.2) is 5.82 Å². The number of rotatable bonds is 10.